The second-order valence-electron chi connectivity index (χ2n) is 4.77. The summed E-state index contributed by atoms with van der Waals surface area (Å²) in [7, 11) is -5.06. The maximum absolute atomic E-state index is 11.2. The van der Waals surface area contributed by atoms with Gasteiger partial charge in [0.25, 0.3) is 0 Å². The molecule has 0 saturated carbocycles. The molecule has 0 unspecified atom stereocenters. The third kappa shape index (κ3) is 5.38. The van der Waals surface area contributed by atoms with E-state index in [1.54, 1.807) is 13.8 Å². The first-order valence-corrected chi connectivity index (χ1v) is 8.21. The molecular formula is C12H16N3NaO7S. The summed E-state index contributed by atoms with van der Waals surface area (Å²) in [6.07, 6.45) is 1.16. The zero-order valence-corrected chi connectivity index (χ0v) is 16.4. The summed E-state index contributed by atoms with van der Waals surface area (Å²) in [5.74, 6) is 0. The van der Waals surface area contributed by atoms with Crippen LogP contribution in [-0.4, -0.2) is 35.9 Å². The van der Waals surface area contributed by atoms with E-state index < -0.39 is 36.2 Å². The summed E-state index contributed by atoms with van der Waals surface area (Å²) in [5, 5.41) is 22.5. The minimum absolute atomic E-state index is 0. The van der Waals surface area contributed by atoms with Gasteiger partial charge in [-0.05, 0) is 12.8 Å². The van der Waals surface area contributed by atoms with Crippen LogP contribution < -0.4 is 34.5 Å². The molecule has 0 aromatic heterocycles. The van der Waals surface area contributed by atoms with Crippen LogP contribution in [0.1, 0.15) is 26.7 Å². The first-order chi connectivity index (χ1) is 10.6. The molecule has 0 amide bonds. The standard InChI is InChI=1S/C12H17N3O7S.Na/c1-3-5-13(6-4-2)12-10(14(16)17)7-9(23(20,21)22)8-11(12)15(18)19;/h7-8H,3-6H2,1-2H3,(H,20,21,22);/q;+1/p-1. The molecule has 0 atom stereocenters. The van der Waals surface area contributed by atoms with Gasteiger partial charge in [0.15, 0.2) is 5.69 Å². The topological polar surface area (TPSA) is 147 Å². The van der Waals surface area contributed by atoms with Gasteiger partial charge < -0.3 is 9.45 Å². The van der Waals surface area contributed by atoms with Crippen molar-refractivity contribution in [1.82, 2.24) is 0 Å². The molecule has 0 bridgehead atoms. The van der Waals surface area contributed by atoms with Gasteiger partial charge in [-0.1, -0.05) is 13.8 Å². The molecule has 0 radical (unpaired) electrons. The molecule has 0 aliphatic carbocycles. The smallest absolute Gasteiger partial charge is 0.744 e. The summed E-state index contributed by atoms with van der Waals surface area (Å²) in [5.41, 5.74) is -1.82. The number of hydrogen-bond donors (Lipinski definition) is 0. The third-order valence-corrected chi connectivity index (χ3v) is 3.84. The summed E-state index contributed by atoms with van der Waals surface area (Å²) < 4.78 is 33.3. The van der Waals surface area contributed by atoms with Crippen LogP contribution in [0.4, 0.5) is 17.1 Å². The van der Waals surface area contributed by atoms with Gasteiger partial charge >= 0.3 is 40.9 Å². The van der Waals surface area contributed by atoms with Crippen LogP contribution in [0, 0.1) is 20.2 Å². The van der Waals surface area contributed by atoms with E-state index >= 15 is 0 Å². The predicted molar refractivity (Wildman–Crippen MR) is 80.5 cm³/mol. The Kier molecular flexibility index (Phi) is 8.78. The Morgan fingerprint density at radius 3 is 1.62 bits per heavy atom. The first-order valence-electron chi connectivity index (χ1n) is 6.81. The van der Waals surface area contributed by atoms with Gasteiger partial charge in [0.2, 0.25) is 0 Å². The van der Waals surface area contributed by atoms with Crippen LogP contribution in [-0.2, 0) is 10.1 Å². The SMILES string of the molecule is CCCN(CCC)c1c([N+](=O)[O-])cc(S(=O)(=O)[O-])cc1[N+](=O)[O-].[Na+]. The summed E-state index contributed by atoms with van der Waals surface area (Å²) >= 11 is 0. The fourth-order valence-electron chi connectivity index (χ4n) is 2.20. The van der Waals surface area contributed by atoms with E-state index in [4.69, 9.17) is 0 Å². The van der Waals surface area contributed by atoms with Crippen LogP contribution in [0.5, 0.6) is 0 Å². The number of rotatable bonds is 8. The summed E-state index contributed by atoms with van der Waals surface area (Å²) in [6.45, 7) is 4.24. The number of benzene rings is 1. The Balaban J connectivity index is 0.00000529. The Bertz CT molecular complexity index is 682. The molecule has 10 nitrogen and oxygen atoms in total. The van der Waals surface area contributed by atoms with Crippen molar-refractivity contribution in [2.45, 2.75) is 31.6 Å². The molecule has 1 rings (SSSR count). The van der Waals surface area contributed by atoms with Gasteiger partial charge in [-0.25, -0.2) is 8.42 Å². The van der Waals surface area contributed by atoms with Crippen LogP contribution in [0.15, 0.2) is 17.0 Å². The second kappa shape index (κ2) is 9.28. The van der Waals surface area contributed by atoms with Crippen molar-refractivity contribution >= 4 is 27.2 Å². The number of anilines is 1. The van der Waals surface area contributed by atoms with Crippen molar-refractivity contribution in [3.8, 4) is 0 Å². The number of nitrogens with zero attached hydrogens (tertiary/aromatic N) is 3. The third-order valence-electron chi connectivity index (χ3n) is 3.03. The quantitative estimate of drug-likeness (QED) is 0.246. The molecular weight excluding hydrogens is 353 g/mol. The molecule has 24 heavy (non-hydrogen) atoms. The van der Waals surface area contributed by atoms with Crippen LogP contribution in [0.3, 0.4) is 0 Å². The van der Waals surface area contributed by atoms with Crippen molar-refractivity contribution in [3.05, 3.63) is 32.4 Å². The molecule has 0 spiro atoms. The van der Waals surface area contributed by atoms with E-state index in [-0.39, 0.29) is 35.2 Å². The van der Waals surface area contributed by atoms with Gasteiger partial charge in [0, 0.05) is 25.2 Å². The van der Waals surface area contributed by atoms with E-state index in [2.05, 4.69) is 0 Å². The fourth-order valence-corrected chi connectivity index (χ4v) is 2.71. The fraction of sp³-hybridized carbons (Fsp3) is 0.500. The number of nitro groups is 2. The average molecular weight is 369 g/mol. The van der Waals surface area contributed by atoms with Gasteiger partial charge in [0.1, 0.15) is 10.1 Å². The van der Waals surface area contributed by atoms with Crippen molar-refractivity contribution in [1.29, 1.82) is 0 Å². The van der Waals surface area contributed by atoms with E-state index in [9.17, 15) is 33.2 Å². The van der Waals surface area contributed by atoms with E-state index in [1.807, 2.05) is 0 Å². The molecule has 0 fully saturated rings. The zero-order valence-electron chi connectivity index (χ0n) is 13.6. The molecule has 0 N–H and O–H groups in total. The summed E-state index contributed by atoms with van der Waals surface area (Å²) in [6, 6.07) is 1.14. The predicted octanol–water partition coefficient (Wildman–Crippen LogP) is -0.962. The first kappa shape index (κ1) is 22.7. The van der Waals surface area contributed by atoms with Crippen molar-refractivity contribution in [3.63, 3.8) is 0 Å². The molecule has 0 saturated heterocycles. The van der Waals surface area contributed by atoms with Gasteiger partial charge in [-0.15, -0.1) is 0 Å². The zero-order chi connectivity index (χ0) is 17.8. The van der Waals surface area contributed by atoms with Crippen molar-refractivity contribution in [2.75, 3.05) is 18.0 Å². The van der Waals surface area contributed by atoms with Gasteiger partial charge in [-0.2, -0.15) is 0 Å². The second-order valence-corrected chi connectivity index (χ2v) is 6.15. The Hall–Kier alpha value is -1.27. The minimum Gasteiger partial charge on any atom is -0.744 e. The average Bonchev–Trinajstić information content (AvgIpc) is 2.44. The molecule has 1 aromatic rings. The number of nitro benzene ring substituents is 2. The molecule has 0 aliphatic heterocycles. The molecule has 1 aromatic carbocycles. The normalized spacial score (nSPS) is 10.8. The number of hydrogen-bond acceptors (Lipinski definition) is 8. The Labute approximate surface area is 161 Å². The van der Waals surface area contributed by atoms with Crippen LogP contribution >= 0.6 is 0 Å². The minimum atomic E-state index is -5.06. The maximum atomic E-state index is 11.2. The van der Waals surface area contributed by atoms with E-state index in [1.165, 1.54) is 4.90 Å². The monoisotopic (exact) mass is 369 g/mol. The Morgan fingerprint density at radius 2 is 1.38 bits per heavy atom. The molecule has 0 aliphatic rings. The van der Waals surface area contributed by atoms with Crippen molar-refractivity contribution in [2.24, 2.45) is 0 Å². The molecule has 128 valence electrons. The molecule has 12 heteroatoms. The molecule has 0 heterocycles. The van der Waals surface area contributed by atoms with Crippen molar-refractivity contribution < 1.29 is 52.4 Å². The van der Waals surface area contributed by atoms with Crippen LogP contribution in [0.25, 0.3) is 0 Å². The van der Waals surface area contributed by atoms with E-state index in [0.717, 1.165) is 0 Å². The van der Waals surface area contributed by atoms with Crippen LogP contribution in [0.2, 0.25) is 0 Å². The maximum Gasteiger partial charge on any atom is 1.00 e. The summed E-state index contributed by atoms with van der Waals surface area (Å²) in [4.78, 5) is 21.1. The van der Waals surface area contributed by atoms with E-state index in [0.29, 0.717) is 38.1 Å². The largest absolute Gasteiger partial charge is 1.00 e. The van der Waals surface area contributed by atoms with Gasteiger partial charge in [-0.3, -0.25) is 20.2 Å². The van der Waals surface area contributed by atoms with Gasteiger partial charge in [0.05, 0.1) is 14.7 Å². The Morgan fingerprint density at radius 1 is 1.00 bits per heavy atom.